The molecule has 1 heterocycles. The predicted molar refractivity (Wildman–Crippen MR) is 77.0 cm³/mol. The second kappa shape index (κ2) is 5.73. The predicted octanol–water partition coefficient (Wildman–Crippen LogP) is 2.80. The molecule has 5 nitrogen and oxygen atoms in total. The molecule has 2 aromatic rings. The van der Waals surface area contributed by atoms with Gasteiger partial charge < -0.3 is 15.4 Å². The molecule has 21 heavy (non-hydrogen) atoms. The number of amides is 1. The largest absolute Gasteiger partial charge is 0.481 e. The molecule has 112 valence electrons. The monoisotopic (exact) mass is 312 g/mol. The number of carboxylic acid groups (broad SMARTS) is 1. The van der Waals surface area contributed by atoms with Crippen LogP contribution in [0.3, 0.4) is 0 Å². The summed E-state index contributed by atoms with van der Waals surface area (Å²) in [6, 6.07) is 3.39. The van der Waals surface area contributed by atoms with Crippen LogP contribution in [-0.4, -0.2) is 28.0 Å². The Morgan fingerprint density at radius 2 is 2.05 bits per heavy atom. The summed E-state index contributed by atoms with van der Waals surface area (Å²) in [4.78, 5) is 25.8. The summed E-state index contributed by atoms with van der Waals surface area (Å²) < 4.78 is 13.2. The minimum Gasteiger partial charge on any atom is -0.481 e. The number of halogens is 2. The van der Waals surface area contributed by atoms with Crippen molar-refractivity contribution in [1.82, 2.24) is 10.3 Å². The van der Waals surface area contributed by atoms with Crippen LogP contribution >= 0.6 is 11.6 Å². The Kier molecular flexibility index (Phi) is 4.18. The lowest BCUT2D eigenvalue weighted by Crippen LogP contribution is -2.40. The van der Waals surface area contributed by atoms with Gasteiger partial charge in [-0.3, -0.25) is 9.59 Å². The Hall–Kier alpha value is -2.08. The molecule has 1 amide bonds. The van der Waals surface area contributed by atoms with Gasteiger partial charge in [0.05, 0.1) is 10.9 Å². The highest BCUT2D eigenvalue weighted by Gasteiger charge is 2.24. The lowest BCUT2D eigenvalue weighted by atomic mass is 10.0. The summed E-state index contributed by atoms with van der Waals surface area (Å²) in [5.41, 5.74) is 0.618. The number of H-pyrrole nitrogens is 1. The third-order valence-corrected chi connectivity index (χ3v) is 3.82. The van der Waals surface area contributed by atoms with E-state index in [1.807, 2.05) is 0 Å². The highest BCUT2D eigenvalue weighted by Crippen LogP contribution is 2.28. The third-order valence-electron chi connectivity index (χ3n) is 3.42. The van der Waals surface area contributed by atoms with Crippen molar-refractivity contribution in [2.45, 2.75) is 19.9 Å². The molecule has 7 heteroatoms. The van der Waals surface area contributed by atoms with Crippen LogP contribution in [0.25, 0.3) is 10.9 Å². The maximum Gasteiger partial charge on any atom is 0.308 e. The van der Waals surface area contributed by atoms with Crippen molar-refractivity contribution in [2.75, 3.05) is 0 Å². The summed E-state index contributed by atoms with van der Waals surface area (Å²) >= 11 is 6.07. The van der Waals surface area contributed by atoms with Gasteiger partial charge in [-0.05, 0) is 32.0 Å². The minimum absolute atomic E-state index is 0.0849. The number of fused-ring (bicyclic) bond motifs is 1. The van der Waals surface area contributed by atoms with E-state index in [2.05, 4.69) is 10.3 Å². The molecule has 0 bridgehead atoms. The van der Waals surface area contributed by atoms with E-state index in [-0.39, 0.29) is 10.7 Å². The lowest BCUT2D eigenvalue weighted by Gasteiger charge is -2.17. The smallest absolute Gasteiger partial charge is 0.308 e. The molecule has 0 aliphatic carbocycles. The SMILES string of the molecule is CC(NC(=O)c1[nH]c2ccc(F)cc2c1Cl)C(C)C(=O)O. The highest BCUT2D eigenvalue weighted by molar-refractivity contribution is 6.38. The van der Waals surface area contributed by atoms with E-state index < -0.39 is 29.7 Å². The summed E-state index contributed by atoms with van der Waals surface area (Å²) in [5.74, 6) is -2.73. The number of carbonyl (C=O) groups excluding carboxylic acids is 1. The maximum atomic E-state index is 13.2. The van der Waals surface area contributed by atoms with Crippen molar-refractivity contribution in [3.8, 4) is 0 Å². The van der Waals surface area contributed by atoms with Crippen LogP contribution in [0.5, 0.6) is 0 Å². The van der Waals surface area contributed by atoms with Gasteiger partial charge in [0, 0.05) is 16.9 Å². The Balaban J connectivity index is 2.28. The molecule has 0 radical (unpaired) electrons. The molecule has 1 aromatic carbocycles. The highest BCUT2D eigenvalue weighted by atomic mass is 35.5. The number of benzene rings is 1. The zero-order valence-corrected chi connectivity index (χ0v) is 12.2. The summed E-state index contributed by atoms with van der Waals surface area (Å²) in [6.45, 7) is 3.09. The standard InChI is InChI=1S/C14H14ClFN2O3/c1-6(14(20)21)7(2)17-13(19)12-11(15)9-5-8(16)3-4-10(9)18-12/h3-7,18H,1-2H3,(H,17,19)(H,20,21). The average Bonchev–Trinajstić information content (AvgIpc) is 2.75. The van der Waals surface area contributed by atoms with Crippen LogP contribution in [0, 0.1) is 11.7 Å². The first-order valence-electron chi connectivity index (χ1n) is 6.31. The van der Waals surface area contributed by atoms with Gasteiger partial charge in [0.15, 0.2) is 0 Å². The number of aromatic amines is 1. The van der Waals surface area contributed by atoms with Gasteiger partial charge in [-0.1, -0.05) is 11.6 Å². The third kappa shape index (κ3) is 3.00. The van der Waals surface area contributed by atoms with Crippen LogP contribution in [0.15, 0.2) is 18.2 Å². The molecular weight excluding hydrogens is 299 g/mol. The van der Waals surface area contributed by atoms with Crippen molar-refractivity contribution in [3.05, 3.63) is 34.7 Å². The van der Waals surface area contributed by atoms with E-state index in [9.17, 15) is 14.0 Å². The first kappa shape index (κ1) is 15.3. The molecular formula is C14H14ClFN2O3. The van der Waals surface area contributed by atoms with Gasteiger partial charge in [0.1, 0.15) is 11.5 Å². The topological polar surface area (TPSA) is 82.2 Å². The number of aliphatic carboxylic acids is 1. The number of carbonyl (C=O) groups is 2. The molecule has 1 aromatic heterocycles. The summed E-state index contributed by atoms with van der Waals surface area (Å²) in [7, 11) is 0. The van der Waals surface area contributed by atoms with E-state index in [4.69, 9.17) is 16.7 Å². The molecule has 0 fully saturated rings. The number of hydrogen-bond donors (Lipinski definition) is 3. The fourth-order valence-electron chi connectivity index (χ4n) is 1.91. The van der Waals surface area contributed by atoms with Gasteiger partial charge in [-0.15, -0.1) is 0 Å². The summed E-state index contributed by atoms with van der Waals surface area (Å²) in [5, 5.41) is 12.0. The molecule has 0 aliphatic heterocycles. The van der Waals surface area contributed by atoms with Crippen molar-refractivity contribution in [3.63, 3.8) is 0 Å². The first-order valence-corrected chi connectivity index (χ1v) is 6.69. The molecule has 0 saturated heterocycles. The Labute approximate surface area is 125 Å². The molecule has 0 saturated carbocycles. The minimum atomic E-state index is -1.01. The fourth-order valence-corrected chi connectivity index (χ4v) is 2.19. The van der Waals surface area contributed by atoms with E-state index >= 15 is 0 Å². The Morgan fingerprint density at radius 3 is 2.67 bits per heavy atom. The van der Waals surface area contributed by atoms with Crippen LogP contribution in [0.1, 0.15) is 24.3 Å². The normalized spacial score (nSPS) is 13.9. The Bertz CT molecular complexity index is 714. The molecule has 2 unspecified atom stereocenters. The average molecular weight is 313 g/mol. The van der Waals surface area contributed by atoms with Gasteiger partial charge in [0.2, 0.25) is 0 Å². The van der Waals surface area contributed by atoms with Gasteiger partial charge in [-0.2, -0.15) is 0 Å². The van der Waals surface area contributed by atoms with E-state index in [1.54, 1.807) is 6.92 Å². The lowest BCUT2D eigenvalue weighted by molar-refractivity contribution is -0.141. The van der Waals surface area contributed by atoms with E-state index in [1.165, 1.54) is 25.1 Å². The number of hydrogen-bond acceptors (Lipinski definition) is 2. The second-order valence-corrected chi connectivity index (χ2v) is 5.27. The Morgan fingerprint density at radius 1 is 1.38 bits per heavy atom. The van der Waals surface area contributed by atoms with E-state index in [0.29, 0.717) is 10.9 Å². The van der Waals surface area contributed by atoms with E-state index in [0.717, 1.165) is 0 Å². The van der Waals surface area contributed by atoms with Gasteiger partial charge in [-0.25, -0.2) is 4.39 Å². The number of carboxylic acids is 1. The molecule has 3 N–H and O–H groups in total. The van der Waals surface area contributed by atoms with Crippen LogP contribution in [0.4, 0.5) is 4.39 Å². The summed E-state index contributed by atoms with van der Waals surface area (Å²) in [6.07, 6.45) is 0. The van der Waals surface area contributed by atoms with Crippen LogP contribution < -0.4 is 5.32 Å². The zero-order valence-electron chi connectivity index (χ0n) is 11.4. The molecule has 2 rings (SSSR count). The zero-order chi connectivity index (χ0) is 15.7. The van der Waals surface area contributed by atoms with Crippen molar-refractivity contribution >= 4 is 34.4 Å². The van der Waals surface area contributed by atoms with Crippen LogP contribution in [0.2, 0.25) is 5.02 Å². The second-order valence-electron chi connectivity index (χ2n) is 4.89. The van der Waals surface area contributed by atoms with Crippen molar-refractivity contribution in [1.29, 1.82) is 0 Å². The van der Waals surface area contributed by atoms with Gasteiger partial charge in [0.25, 0.3) is 5.91 Å². The maximum absolute atomic E-state index is 13.2. The van der Waals surface area contributed by atoms with Gasteiger partial charge >= 0.3 is 5.97 Å². The van der Waals surface area contributed by atoms with Crippen molar-refractivity contribution in [2.24, 2.45) is 5.92 Å². The first-order chi connectivity index (χ1) is 9.81. The number of aromatic nitrogens is 1. The van der Waals surface area contributed by atoms with Crippen LogP contribution in [-0.2, 0) is 4.79 Å². The number of nitrogens with one attached hydrogen (secondary N) is 2. The molecule has 0 spiro atoms. The molecule has 0 aliphatic rings. The molecule has 2 atom stereocenters. The quantitative estimate of drug-likeness (QED) is 0.812. The fraction of sp³-hybridized carbons (Fsp3) is 0.286. The van der Waals surface area contributed by atoms with Crippen molar-refractivity contribution < 1.29 is 19.1 Å². The number of rotatable bonds is 4.